The third-order valence-electron chi connectivity index (χ3n) is 4.26. The number of rotatable bonds is 8. The second-order valence-corrected chi connectivity index (χ2v) is 7.27. The van der Waals surface area contributed by atoms with E-state index in [-0.39, 0.29) is 11.7 Å². The van der Waals surface area contributed by atoms with Crippen LogP contribution in [0.15, 0.2) is 47.5 Å². The molecule has 152 valence electrons. The molecule has 29 heavy (non-hydrogen) atoms. The average molecular weight is 413 g/mol. The van der Waals surface area contributed by atoms with Crippen LogP contribution in [-0.4, -0.2) is 37.5 Å². The van der Waals surface area contributed by atoms with Gasteiger partial charge in [-0.3, -0.25) is 4.79 Å². The summed E-state index contributed by atoms with van der Waals surface area (Å²) in [5.41, 5.74) is 2.46. The number of carbonyl (C=O) groups is 1. The molecule has 0 radical (unpaired) electrons. The first-order valence-corrected chi connectivity index (χ1v) is 10.2. The lowest BCUT2D eigenvalue weighted by Gasteiger charge is -2.12. The Morgan fingerprint density at radius 1 is 1.07 bits per heavy atom. The summed E-state index contributed by atoms with van der Waals surface area (Å²) < 4.78 is 16.1. The molecule has 1 heterocycles. The summed E-state index contributed by atoms with van der Waals surface area (Å²) in [6.07, 6.45) is 0. The molecule has 0 aliphatic carbocycles. The van der Waals surface area contributed by atoms with Crippen molar-refractivity contribution in [2.75, 3.05) is 31.9 Å². The number of pyridine rings is 1. The Balaban J connectivity index is 1.71. The Labute approximate surface area is 174 Å². The Kier molecular flexibility index (Phi) is 6.82. The molecular formula is C22H24N2O4S. The van der Waals surface area contributed by atoms with Crippen molar-refractivity contribution in [3.8, 4) is 17.2 Å². The number of benzene rings is 2. The fourth-order valence-electron chi connectivity index (χ4n) is 2.88. The molecule has 0 spiro atoms. The van der Waals surface area contributed by atoms with Crippen LogP contribution in [0.2, 0.25) is 0 Å². The quantitative estimate of drug-likeness (QED) is 0.541. The lowest BCUT2D eigenvalue weighted by Crippen LogP contribution is -2.15. The summed E-state index contributed by atoms with van der Waals surface area (Å²) in [5, 5.41) is 4.72. The van der Waals surface area contributed by atoms with Gasteiger partial charge in [0.1, 0.15) is 22.3 Å². The van der Waals surface area contributed by atoms with Gasteiger partial charge in [-0.25, -0.2) is 4.98 Å². The molecule has 0 aliphatic heterocycles. The minimum atomic E-state index is -0.144. The second kappa shape index (κ2) is 9.52. The van der Waals surface area contributed by atoms with Crippen LogP contribution in [0.25, 0.3) is 10.9 Å². The number of thioether (sulfide) groups is 1. The lowest BCUT2D eigenvalue weighted by atomic mass is 10.1. The van der Waals surface area contributed by atoms with Crippen molar-refractivity contribution in [1.82, 2.24) is 4.98 Å². The molecular weight excluding hydrogens is 388 g/mol. The van der Waals surface area contributed by atoms with Crippen LogP contribution < -0.4 is 19.5 Å². The first kappa shape index (κ1) is 20.8. The van der Waals surface area contributed by atoms with Gasteiger partial charge >= 0.3 is 0 Å². The van der Waals surface area contributed by atoms with Gasteiger partial charge in [-0.15, -0.1) is 0 Å². The third kappa shape index (κ3) is 5.12. The molecule has 0 saturated carbocycles. The van der Waals surface area contributed by atoms with Gasteiger partial charge in [-0.2, -0.15) is 0 Å². The number of nitrogens with one attached hydrogen (secondary N) is 1. The molecule has 0 unspecified atom stereocenters. The van der Waals surface area contributed by atoms with Crippen molar-refractivity contribution in [3.63, 3.8) is 0 Å². The first-order chi connectivity index (χ1) is 14.0. The van der Waals surface area contributed by atoms with Crippen LogP contribution in [0.4, 0.5) is 5.69 Å². The van der Waals surface area contributed by atoms with Gasteiger partial charge in [0.15, 0.2) is 0 Å². The molecule has 7 heteroatoms. The summed E-state index contributed by atoms with van der Waals surface area (Å²) in [4.78, 5) is 17.2. The van der Waals surface area contributed by atoms with Crippen LogP contribution in [-0.2, 0) is 4.79 Å². The number of methoxy groups -OCH3 is 2. The van der Waals surface area contributed by atoms with Gasteiger partial charge in [-0.05, 0) is 55.8 Å². The van der Waals surface area contributed by atoms with E-state index < -0.39 is 0 Å². The molecule has 2 aromatic carbocycles. The summed E-state index contributed by atoms with van der Waals surface area (Å²) in [6.45, 7) is 4.57. The van der Waals surface area contributed by atoms with E-state index in [1.807, 2.05) is 32.0 Å². The maximum atomic E-state index is 12.5. The minimum absolute atomic E-state index is 0.144. The molecule has 0 saturated heterocycles. The Morgan fingerprint density at radius 3 is 2.59 bits per heavy atom. The monoisotopic (exact) mass is 412 g/mol. The van der Waals surface area contributed by atoms with Crippen molar-refractivity contribution < 1.29 is 19.0 Å². The molecule has 0 bridgehead atoms. The highest BCUT2D eigenvalue weighted by molar-refractivity contribution is 8.00. The highest BCUT2D eigenvalue weighted by Crippen LogP contribution is 2.30. The zero-order chi connectivity index (χ0) is 20.8. The van der Waals surface area contributed by atoms with E-state index in [0.29, 0.717) is 23.8 Å². The van der Waals surface area contributed by atoms with E-state index >= 15 is 0 Å². The fourth-order valence-corrected chi connectivity index (χ4v) is 3.67. The third-order valence-corrected chi connectivity index (χ3v) is 5.36. The molecule has 0 fully saturated rings. The van der Waals surface area contributed by atoms with E-state index in [4.69, 9.17) is 19.2 Å². The number of nitrogens with zero attached hydrogens (tertiary/aromatic N) is 1. The molecule has 1 N–H and O–H groups in total. The van der Waals surface area contributed by atoms with E-state index in [2.05, 4.69) is 11.4 Å². The number of hydrogen-bond donors (Lipinski definition) is 1. The van der Waals surface area contributed by atoms with E-state index in [9.17, 15) is 4.79 Å². The van der Waals surface area contributed by atoms with Crippen LogP contribution >= 0.6 is 11.8 Å². The Bertz CT molecular complexity index is 1020. The summed E-state index contributed by atoms with van der Waals surface area (Å²) >= 11 is 1.40. The lowest BCUT2D eigenvalue weighted by molar-refractivity contribution is -0.113. The number of aryl methyl sites for hydroxylation is 1. The molecule has 0 atom stereocenters. The largest absolute Gasteiger partial charge is 0.497 e. The number of aromatic nitrogens is 1. The molecule has 6 nitrogen and oxygen atoms in total. The van der Waals surface area contributed by atoms with E-state index in [1.54, 1.807) is 32.4 Å². The number of ether oxygens (including phenoxy) is 3. The van der Waals surface area contributed by atoms with Crippen molar-refractivity contribution in [3.05, 3.63) is 48.0 Å². The molecule has 3 aromatic rings. The highest BCUT2D eigenvalue weighted by Gasteiger charge is 2.12. The van der Waals surface area contributed by atoms with E-state index in [1.165, 1.54) is 11.8 Å². The van der Waals surface area contributed by atoms with Gasteiger partial charge in [0.25, 0.3) is 0 Å². The molecule has 3 rings (SSSR count). The summed E-state index contributed by atoms with van der Waals surface area (Å²) in [5.74, 6) is 2.14. The fraction of sp³-hybridized carbons (Fsp3) is 0.273. The average Bonchev–Trinajstić information content (AvgIpc) is 2.72. The number of hydrogen-bond acceptors (Lipinski definition) is 6. The van der Waals surface area contributed by atoms with Crippen molar-refractivity contribution in [2.24, 2.45) is 0 Å². The number of fused-ring (bicyclic) bond motifs is 1. The normalized spacial score (nSPS) is 10.6. The van der Waals surface area contributed by atoms with Gasteiger partial charge in [0.05, 0.1) is 37.8 Å². The summed E-state index contributed by atoms with van der Waals surface area (Å²) in [7, 11) is 3.14. The maximum absolute atomic E-state index is 12.5. The van der Waals surface area contributed by atoms with Crippen LogP contribution in [0.1, 0.15) is 12.5 Å². The van der Waals surface area contributed by atoms with Crippen LogP contribution in [0, 0.1) is 6.92 Å². The molecule has 1 amide bonds. The second-order valence-electron chi connectivity index (χ2n) is 6.30. The van der Waals surface area contributed by atoms with Crippen molar-refractivity contribution in [1.29, 1.82) is 0 Å². The first-order valence-electron chi connectivity index (χ1n) is 9.23. The highest BCUT2D eigenvalue weighted by atomic mass is 32.2. The Hall–Kier alpha value is -2.93. The smallest absolute Gasteiger partial charge is 0.234 e. The Morgan fingerprint density at radius 2 is 1.86 bits per heavy atom. The van der Waals surface area contributed by atoms with Crippen molar-refractivity contribution in [2.45, 2.75) is 18.9 Å². The van der Waals surface area contributed by atoms with Crippen LogP contribution in [0.3, 0.4) is 0 Å². The SMILES string of the molecule is CCOc1ccc2nc(SCC(=O)Nc3cc(OC)ccc3OC)c(C)cc2c1. The van der Waals surface area contributed by atoms with Gasteiger partial charge in [0, 0.05) is 11.5 Å². The topological polar surface area (TPSA) is 69.7 Å². The number of amides is 1. The zero-order valence-corrected chi connectivity index (χ0v) is 17.8. The minimum Gasteiger partial charge on any atom is -0.497 e. The van der Waals surface area contributed by atoms with Gasteiger partial charge < -0.3 is 19.5 Å². The predicted octanol–water partition coefficient (Wildman–Crippen LogP) is 4.69. The van der Waals surface area contributed by atoms with Crippen LogP contribution in [0.5, 0.6) is 17.2 Å². The van der Waals surface area contributed by atoms with Gasteiger partial charge in [0.2, 0.25) is 5.91 Å². The number of anilines is 1. The van der Waals surface area contributed by atoms with E-state index in [0.717, 1.165) is 27.2 Å². The zero-order valence-electron chi connectivity index (χ0n) is 16.9. The summed E-state index contributed by atoms with van der Waals surface area (Å²) in [6, 6.07) is 13.2. The standard InChI is InChI=1S/C22H24N2O4S/c1-5-28-17-6-8-18-15(11-17)10-14(2)22(24-18)29-13-21(25)23-19-12-16(26-3)7-9-20(19)27-4/h6-12H,5,13H2,1-4H3,(H,23,25). The predicted molar refractivity (Wildman–Crippen MR) is 117 cm³/mol. The molecule has 0 aliphatic rings. The molecule has 1 aromatic heterocycles. The number of carbonyl (C=O) groups excluding carboxylic acids is 1. The maximum Gasteiger partial charge on any atom is 0.234 e. The van der Waals surface area contributed by atoms with Gasteiger partial charge in [-0.1, -0.05) is 11.8 Å². The van der Waals surface area contributed by atoms with Crippen molar-refractivity contribution >= 4 is 34.3 Å².